The van der Waals surface area contributed by atoms with Crippen LogP contribution in [0.3, 0.4) is 0 Å². The largest absolute Gasteiger partial charge is 0.504 e. The van der Waals surface area contributed by atoms with Gasteiger partial charge in [0.15, 0.2) is 5.75 Å². The number of pyridine rings is 1. The molecule has 1 heterocycles. The van der Waals surface area contributed by atoms with Crippen molar-refractivity contribution in [2.75, 3.05) is 6.61 Å². The van der Waals surface area contributed by atoms with Gasteiger partial charge in [0.2, 0.25) is 5.75 Å². The highest BCUT2D eigenvalue weighted by Crippen LogP contribution is 2.33. The Morgan fingerprint density at radius 1 is 1.00 bits per heavy atom. The molecular formula is C23H27NO4. The minimum absolute atomic E-state index is 0.0180. The fourth-order valence-corrected chi connectivity index (χ4v) is 3.14. The molecule has 0 saturated heterocycles. The van der Waals surface area contributed by atoms with Crippen LogP contribution in [0.5, 0.6) is 17.2 Å². The Labute approximate surface area is 165 Å². The van der Waals surface area contributed by atoms with Crippen LogP contribution in [0.15, 0.2) is 53.3 Å². The Hall–Kier alpha value is -2.95. The molecule has 0 unspecified atom stereocenters. The van der Waals surface area contributed by atoms with Crippen molar-refractivity contribution in [3.8, 4) is 17.2 Å². The molecule has 3 aromatic rings. The molecule has 0 amide bonds. The van der Waals surface area contributed by atoms with Gasteiger partial charge in [-0.2, -0.15) is 0 Å². The van der Waals surface area contributed by atoms with Crippen molar-refractivity contribution in [1.82, 2.24) is 4.57 Å². The molecule has 0 fully saturated rings. The lowest BCUT2D eigenvalue weighted by molar-refractivity contribution is 0.285. The third-order valence-corrected chi connectivity index (χ3v) is 4.79. The van der Waals surface area contributed by atoms with Gasteiger partial charge in [0, 0.05) is 18.5 Å². The van der Waals surface area contributed by atoms with Crippen molar-refractivity contribution in [3.05, 3.63) is 64.4 Å². The molecule has 5 nitrogen and oxygen atoms in total. The van der Waals surface area contributed by atoms with Crippen LogP contribution < -0.4 is 15.0 Å². The zero-order chi connectivity index (χ0) is 19.9. The van der Waals surface area contributed by atoms with Crippen LogP contribution in [0.2, 0.25) is 0 Å². The molecule has 0 bridgehead atoms. The summed E-state index contributed by atoms with van der Waals surface area (Å²) in [6, 6.07) is 15.2. The quantitative estimate of drug-likeness (QED) is 0.542. The Morgan fingerprint density at radius 3 is 2.54 bits per heavy atom. The highest BCUT2D eigenvalue weighted by molar-refractivity contribution is 5.88. The van der Waals surface area contributed by atoms with Crippen LogP contribution in [0.1, 0.15) is 38.2 Å². The van der Waals surface area contributed by atoms with E-state index in [2.05, 4.69) is 6.92 Å². The first kappa shape index (κ1) is 19.8. The van der Waals surface area contributed by atoms with Crippen molar-refractivity contribution in [1.29, 1.82) is 0 Å². The molecule has 148 valence electrons. The molecule has 0 aliphatic carbocycles. The molecule has 0 saturated carbocycles. The van der Waals surface area contributed by atoms with E-state index in [-0.39, 0.29) is 17.1 Å². The summed E-state index contributed by atoms with van der Waals surface area (Å²) >= 11 is 0. The van der Waals surface area contributed by atoms with Crippen LogP contribution in [-0.2, 0) is 13.7 Å². The summed E-state index contributed by atoms with van der Waals surface area (Å²) in [4.78, 5) is 12.7. The predicted molar refractivity (Wildman–Crippen MR) is 111 cm³/mol. The number of aromatic nitrogens is 1. The van der Waals surface area contributed by atoms with Gasteiger partial charge < -0.3 is 19.1 Å². The van der Waals surface area contributed by atoms with E-state index >= 15 is 0 Å². The van der Waals surface area contributed by atoms with E-state index in [0.717, 1.165) is 31.2 Å². The lowest BCUT2D eigenvalue weighted by Gasteiger charge is -2.14. The Balaban J connectivity index is 1.81. The zero-order valence-electron chi connectivity index (χ0n) is 16.5. The number of aromatic hydroxyl groups is 1. The summed E-state index contributed by atoms with van der Waals surface area (Å²) in [6.07, 6.45) is 4.18. The van der Waals surface area contributed by atoms with Crippen LogP contribution in [-0.4, -0.2) is 16.3 Å². The Bertz CT molecular complexity index is 979. The molecule has 0 aliphatic rings. The smallest absolute Gasteiger partial charge is 0.297 e. The van der Waals surface area contributed by atoms with E-state index in [0.29, 0.717) is 29.9 Å². The fourth-order valence-electron chi connectivity index (χ4n) is 3.14. The maximum atomic E-state index is 12.7. The van der Waals surface area contributed by atoms with E-state index in [1.165, 1.54) is 4.57 Å². The Kier molecular flexibility index (Phi) is 6.58. The number of aryl methyl sites for hydroxylation is 1. The van der Waals surface area contributed by atoms with Gasteiger partial charge in [0.05, 0.1) is 12.1 Å². The van der Waals surface area contributed by atoms with E-state index < -0.39 is 0 Å². The summed E-state index contributed by atoms with van der Waals surface area (Å²) < 4.78 is 13.0. The molecule has 1 N–H and O–H groups in total. The Morgan fingerprint density at radius 2 is 1.79 bits per heavy atom. The van der Waals surface area contributed by atoms with Crippen LogP contribution >= 0.6 is 0 Å². The van der Waals surface area contributed by atoms with Crippen molar-refractivity contribution in [2.24, 2.45) is 7.05 Å². The molecule has 0 aliphatic heterocycles. The number of nitrogens with zero attached hydrogens (tertiary/aromatic N) is 1. The highest BCUT2D eigenvalue weighted by atomic mass is 16.5. The first-order chi connectivity index (χ1) is 13.6. The molecule has 0 atom stereocenters. The molecule has 5 heteroatoms. The van der Waals surface area contributed by atoms with Crippen LogP contribution in [0.25, 0.3) is 10.9 Å². The van der Waals surface area contributed by atoms with Crippen LogP contribution in [0.4, 0.5) is 0 Å². The molecule has 1 aromatic heterocycles. The van der Waals surface area contributed by atoms with Crippen LogP contribution in [0, 0.1) is 0 Å². The number of benzene rings is 2. The van der Waals surface area contributed by atoms with Gasteiger partial charge in [0.25, 0.3) is 5.56 Å². The van der Waals surface area contributed by atoms with Gasteiger partial charge in [0.1, 0.15) is 12.4 Å². The molecular weight excluding hydrogens is 354 g/mol. The summed E-state index contributed by atoms with van der Waals surface area (Å²) in [6.45, 7) is 3.00. The zero-order valence-corrected chi connectivity index (χ0v) is 16.5. The molecule has 28 heavy (non-hydrogen) atoms. The molecule has 0 spiro atoms. The second-order valence-electron chi connectivity index (χ2n) is 6.90. The van der Waals surface area contributed by atoms with E-state index in [9.17, 15) is 9.90 Å². The van der Waals surface area contributed by atoms with Gasteiger partial charge in [-0.15, -0.1) is 0 Å². The SMILES string of the molecule is CCCCCCOc1c(O)c2ccc(OCc3ccccc3)cc2n(C)c1=O. The standard InChI is InChI=1S/C23H27NO4/c1-3-4-5-9-14-27-22-21(25)19-13-12-18(15-20(19)24(2)23(22)26)28-16-17-10-7-6-8-11-17/h6-8,10-13,15,25H,3-5,9,14,16H2,1-2H3. The highest BCUT2D eigenvalue weighted by Gasteiger charge is 2.16. The minimum atomic E-state index is -0.347. The second-order valence-corrected chi connectivity index (χ2v) is 6.90. The van der Waals surface area contributed by atoms with Gasteiger partial charge in [-0.1, -0.05) is 56.5 Å². The third kappa shape index (κ3) is 4.47. The lowest BCUT2D eigenvalue weighted by atomic mass is 10.1. The average molecular weight is 381 g/mol. The lowest BCUT2D eigenvalue weighted by Crippen LogP contribution is -2.20. The molecule has 2 aromatic carbocycles. The summed E-state index contributed by atoms with van der Waals surface area (Å²) in [5.74, 6) is 0.548. The number of rotatable bonds is 9. The van der Waals surface area contributed by atoms with Crippen molar-refractivity contribution in [2.45, 2.75) is 39.2 Å². The molecule has 3 rings (SSSR count). The average Bonchev–Trinajstić information content (AvgIpc) is 2.73. The first-order valence-corrected chi connectivity index (χ1v) is 9.77. The fraction of sp³-hybridized carbons (Fsp3) is 0.348. The van der Waals surface area contributed by atoms with Crippen molar-refractivity contribution in [3.63, 3.8) is 0 Å². The summed E-state index contributed by atoms with van der Waals surface area (Å²) in [5.41, 5.74) is 1.32. The third-order valence-electron chi connectivity index (χ3n) is 4.79. The monoisotopic (exact) mass is 381 g/mol. The summed E-state index contributed by atoms with van der Waals surface area (Å²) in [7, 11) is 1.68. The number of unbranched alkanes of at least 4 members (excludes halogenated alkanes) is 3. The molecule has 0 radical (unpaired) electrons. The van der Waals surface area contributed by atoms with Gasteiger partial charge in [-0.05, 0) is 24.1 Å². The first-order valence-electron chi connectivity index (χ1n) is 9.77. The van der Waals surface area contributed by atoms with Gasteiger partial charge in [-0.25, -0.2) is 0 Å². The predicted octanol–water partition coefficient (Wildman–Crippen LogP) is 4.78. The number of hydrogen-bond acceptors (Lipinski definition) is 4. The van der Waals surface area contributed by atoms with Gasteiger partial charge >= 0.3 is 0 Å². The minimum Gasteiger partial charge on any atom is -0.504 e. The number of fused-ring (bicyclic) bond motifs is 1. The maximum absolute atomic E-state index is 12.7. The second kappa shape index (κ2) is 9.31. The van der Waals surface area contributed by atoms with Crippen molar-refractivity contribution < 1.29 is 14.6 Å². The van der Waals surface area contributed by atoms with E-state index in [1.54, 1.807) is 25.2 Å². The topological polar surface area (TPSA) is 60.7 Å². The number of hydrogen-bond donors (Lipinski definition) is 1. The number of ether oxygens (including phenoxy) is 2. The van der Waals surface area contributed by atoms with Crippen molar-refractivity contribution >= 4 is 10.9 Å². The normalized spacial score (nSPS) is 10.9. The van der Waals surface area contributed by atoms with E-state index in [1.807, 2.05) is 30.3 Å². The van der Waals surface area contributed by atoms with E-state index in [4.69, 9.17) is 9.47 Å². The maximum Gasteiger partial charge on any atom is 0.297 e. The summed E-state index contributed by atoms with van der Waals surface area (Å²) in [5, 5.41) is 11.1. The van der Waals surface area contributed by atoms with Gasteiger partial charge in [-0.3, -0.25) is 4.79 Å².